The quantitative estimate of drug-likeness (QED) is 0.255. The van der Waals surface area contributed by atoms with Crippen LogP contribution in [0.4, 0.5) is 26.3 Å². The summed E-state index contributed by atoms with van der Waals surface area (Å²) < 4.78 is 96.3. The van der Waals surface area contributed by atoms with Gasteiger partial charge >= 0.3 is 24.3 Å². The van der Waals surface area contributed by atoms with Crippen molar-refractivity contribution in [3.8, 4) is 28.4 Å². The van der Waals surface area contributed by atoms with Crippen molar-refractivity contribution in [2.75, 3.05) is 14.2 Å². The molecule has 0 aliphatic rings. The van der Waals surface area contributed by atoms with Gasteiger partial charge in [0.2, 0.25) is 0 Å². The predicted octanol–water partition coefficient (Wildman–Crippen LogP) is 6.19. The second-order valence-corrected chi connectivity index (χ2v) is 7.24. The summed E-state index contributed by atoms with van der Waals surface area (Å²) in [5.41, 5.74) is -5.10. The number of fused-ring (bicyclic) bond motifs is 1. The van der Waals surface area contributed by atoms with Crippen LogP contribution in [0.15, 0.2) is 36.4 Å². The molecule has 0 bridgehead atoms. The zero-order valence-electron chi connectivity index (χ0n) is 18.2. The molecule has 3 aromatic carbocycles. The maximum atomic E-state index is 13.5. The van der Waals surface area contributed by atoms with Crippen LogP contribution in [0.5, 0.6) is 17.2 Å². The highest BCUT2D eigenvalue weighted by Crippen LogP contribution is 2.46. The largest absolute Gasteiger partial charge is 0.493 e. The summed E-state index contributed by atoms with van der Waals surface area (Å²) in [6, 6.07) is 4.05. The molecule has 0 spiro atoms. The van der Waals surface area contributed by atoms with Crippen molar-refractivity contribution < 1.29 is 55.2 Å². The van der Waals surface area contributed by atoms with Crippen LogP contribution in [-0.4, -0.2) is 31.3 Å². The van der Waals surface area contributed by atoms with E-state index in [-0.39, 0.29) is 34.1 Å². The summed E-state index contributed by atoms with van der Waals surface area (Å²) in [4.78, 5) is 23.7. The van der Waals surface area contributed by atoms with Gasteiger partial charge in [0.1, 0.15) is 5.75 Å². The Kier molecular flexibility index (Phi) is 6.60. The number of carbonyl (C=O) groups is 2. The minimum absolute atomic E-state index is 0.000541. The smallest absolute Gasteiger partial charge is 0.416 e. The van der Waals surface area contributed by atoms with Crippen molar-refractivity contribution in [1.82, 2.24) is 0 Å². The molecule has 0 radical (unpaired) electrons. The van der Waals surface area contributed by atoms with Gasteiger partial charge in [0.05, 0.1) is 30.9 Å². The molecule has 3 rings (SSSR count). The average Bonchev–Trinajstić information content (AvgIpc) is 2.75. The lowest BCUT2D eigenvalue weighted by Crippen LogP contribution is -2.12. The second-order valence-electron chi connectivity index (χ2n) is 7.24. The Morgan fingerprint density at radius 2 is 1.23 bits per heavy atom. The van der Waals surface area contributed by atoms with Crippen molar-refractivity contribution >= 4 is 22.7 Å². The maximum Gasteiger partial charge on any atom is 0.416 e. The number of halogens is 6. The molecule has 186 valence electrons. The molecule has 0 atom stereocenters. The van der Waals surface area contributed by atoms with E-state index in [0.717, 1.165) is 13.0 Å². The number of carbonyl (C=O) groups excluding carboxylic acids is 1. The Labute approximate surface area is 193 Å². The topological polar surface area (TPSA) is 82.1 Å². The third-order valence-corrected chi connectivity index (χ3v) is 4.96. The summed E-state index contributed by atoms with van der Waals surface area (Å²) in [7, 11) is 2.49. The van der Waals surface area contributed by atoms with Crippen LogP contribution in [-0.2, 0) is 17.1 Å². The molecule has 3 aromatic rings. The number of ether oxygens (including phenoxy) is 3. The van der Waals surface area contributed by atoms with Gasteiger partial charge in [-0.2, -0.15) is 26.3 Å². The minimum atomic E-state index is -5.16. The standard InChI is InChI=1S/C23H16F6O6/c1-10(30)35-17-9-16(21(31)32)20(15-8-19(34-3)18(33-2)7-14(15)17)11-4-12(22(24,25)26)6-13(5-11)23(27,28)29/h4-9H,1-3H3,(H,31,32). The monoisotopic (exact) mass is 502 g/mol. The van der Waals surface area contributed by atoms with Gasteiger partial charge in [0, 0.05) is 17.9 Å². The van der Waals surface area contributed by atoms with E-state index in [1.807, 2.05) is 0 Å². The first kappa shape index (κ1) is 25.7. The average molecular weight is 502 g/mol. The Bertz CT molecular complexity index is 1290. The van der Waals surface area contributed by atoms with E-state index in [2.05, 4.69) is 0 Å². The minimum Gasteiger partial charge on any atom is -0.493 e. The molecule has 12 heteroatoms. The van der Waals surface area contributed by atoms with Gasteiger partial charge in [-0.15, -0.1) is 0 Å². The van der Waals surface area contributed by atoms with Crippen LogP contribution in [0.25, 0.3) is 21.9 Å². The Morgan fingerprint density at radius 1 is 0.743 bits per heavy atom. The van der Waals surface area contributed by atoms with E-state index in [4.69, 9.17) is 14.2 Å². The molecule has 0 heterocycles. The van der Waals surface area contributed by atoms with Crippen molar-refractivity contribution in [3.63, 3.8) is 0 Å². The number of hydrogen-bond acceptors (Lipinski definition) is 5. The maximum absolute atomic E-state index is 13.5. The lowest BCUT2D eigenvalue weighted by molar-refractivity contribution is -0.143. The zero-order chi connectivity index (χ0) is 26.3. The summed E-state index contributed by atoms with van der Waals surface area (Å²) in [6.45, 7) is 1.03. The van der Waals surface area contributed by atoms with Crippen LogP contribution in [0, 0.1) is 0 Å². The molecule has 0 saturated heterocycles. The van der Waals surface area contributed by atoms with E-state index >= 15 is 0 Å². The van der Waals surface area contributed by atoms with Crippen molar-refractivity contribution in [2.45, 2.75) is 19.3 Å². The Morgan fingerprint density at radius 3 is 1.63 bits per heavy atom. The third-order valence-electron chi connectivity index (χ3n) is 4.96. The Balaban J connectivity index is 2.57. The fourth-order valence-corrected chi connectivity index (χ4v) is 3.53. The van der Waals surface area contributed by atoms with Gasteiger partial charge in [0.15, 0.2) is 11.5 Å². The molecule has 0 aliphatic heterocycles. The first-order valence-corrected chi connectivity index (χ1v) is 9.61. The molecule has 1 N–H and O–H groups in total. The molecule has 0 amide bonds. The van der Waals surface area contributed by atoms with Gasteiger partial charge in [-0.05, 0) is 47.3 Å². The summed E-state index contributed by atoms with van der Waals surface area (Å²) >= 11 is 0. The van der Waals surface area contributed by atoms with E-state index in [1.54, 1.807) is 0 Å². The number of alkyl halides is 6. The van der Waals surface area contributed by atoms with Gasteiger partial charge in [-0.25, -0.2) is 4.79 Å². The van der Waals surface area contributed by atoms with Crippen LogP contribution >= 0.6 is 0 Å². The summed E-state index contributed by atoms with van der Waals surface area (Å²) in [6.07, 6.45) is -10.3. The SMILES string of the molecule is COc1cc2c(OC(C)=O)cc(C(=O)O)c(-c3cc(C(F)(F)F)cc(C(F)(F)F)c3)c2cc1OC. The van der Waals surface area contributed by atoms with E-state index in [9.17, 15) is 41.0 Å². The molecule has 0 fully saturated rings. The molecule has 6 nitrogen and oxygen atoms in total. The molecule has 35 heavy (non-hydrogen) atoms. The second kappa shape index (κ2) is 9.01. The lowest BCUT2D eigenvalue weighted by Gasteiger charge is -2.19. The van der Waals surface area contributed by atoms with Crippen LogP contribution in [0.2, 0.25) is 0 Å². The molecular formula is C23H16F6O6. The number of methoxy groups -OCH3 is 2. The molecular weight excluding hydrogens is 486 g/mol. The van der Waals surface area contributed by atoms with Gasteiger partial charge in [0.25, 0.3) is 0 Å². The highest BCUT2D eigenvalue weighted by Gasteiger charge is 2.37. The van der Waals surface area contributed by atoms with Crippen LogP contribution < -0.4 is 14.2 Å². The molecule has 0 aliphatic carbocycles. The molecule has 0 saturated carbocycles. The predicted molar refractivity (Wildman–Crippen MR) is 111 cm³/mol. The van der Waals surface area contributed by atoms with Gasteiger partial charge in [-0.3, -0.25) is 4.79 Å². The third kappa shape index (κ3) is 5.10. The highest BCUT2D eigenvalue weighted by atomic mass is 19.4. The van der Waals surface area contributed by atoms with Crippen LogP contribution in [0.3, 0.4) is 0 Å². The number of carboxylic acids is 1. The van der Waals surface area contributed by atoms with E-state index in [0.29, 0.717) is 12.1 Å². The number of aromatic carboxylic acids is 1. The number of benzene rings is 3. The fourth-order valence-electron chi connectivity index (χ4n) is 3.53. The Hall–Kier alpha value is -3.96. The fraction of sp³-hybridized carbons (Fsp3) is 0.217. The number of esters is 1. The van der Waals surface area contributed by atoms with E-state index < -0.39 is 52.1 Å². The number of rotatable bonds is 5. The summed E-state index contributed by atoms with van der Waals surface area (Å²) in [5, 5.41) is 9.63. The highest BCUT2D eigenvalue weighted by molar-refractivity contribution is 6.11. The molecule has 0 aromatic heterocycles. The lowest BCUT2D eigenvalue weighted by atomic mass is 9.90. The van der Waals surface area contributed by atoms with Crippen molar-refractivity contribution in [2.24, 2.45) is 0 Å². The first-order chi connectivity index (χ1) is 16.2. The van der Waals surface area contributed by atoms with Crippen molar-refractivity contribution in [3.05, 3.63) is 53.1 Å². The van der Waals surface area contributed by atoms with Gasteiger partial charge < -0.3 is 19.3 Å². The number of hydrogen-bond donors (Lipinski definition) is 1. The first-order valence-electron chi connectivity index (χ1n) is 9.61. The van der Waals surface area contributed by atoms with Gasteiger partial charge in [-0.1, -0.05) is 0 Å². The normalized spacial score (nSPS) is 11.9. The zero-order valence-corrected chi connectivity index (χ0v) is 18.2. The summed E-state index contributed by atoms with van der Waals surface area (Å²) in [5.74, 6) is -2.74. The number of carboxylic acid groups (broad SMARTS) is 1. The van der Waals surface area contributed by atoms with Crippen molar-refractivity contribution in [1.29, 1.82) is 0 Å². The molecule has 0 unspecified atom stereocenters. The van der Waals surface area contributed by atoms with Crippen LogP contribution in [0.1, 0.15) is 28.4 Å². The van der Waals surface area contributed by atoms with E-state index in [1.165, 1.54) is 26.4 Å².